The molecule has 3 aromatic carbocycles. The summed E-state index contributed by atoms with van der Waals surface area (Å²) in [4.78, 5) is 27.8. The van der Waals surface area contributed by atoms with Gasteiger partial charge in [0.2, 0.25) is 0 Å². The summed E-state index contributed by atoms with van der Waals surface area (Å²) >= 11 is 0. The van der Waals surface area contributed by atoms with Crippen LogP contribution >= 0.6 is 0 Å². The van der Waals surface area contributed by atoms with Crippen molar-refractivity contribution < 1.29 is 24.2 Å². The molecule has 6 nitrogen and oxygen atoms in total. The molecule has 1 N–H and O–H groups in total. The van der Waals surface area contributed by atoms with Gasteiger partial charge in [0.1, 0.15) is 17.3 Å². The molecule has 3 aromatic rings. The average Bonchev–Trinajstić information content (AvgIpc) is 3.10. The highest BCUT2D eigenvalue weighted by Crippen LogP contribution is 2.44. The van der Waals surface area contributed by atoms with Crippen LogP contribution < -0.4 is 14.4 Å². The van der Waals surface area contributed by atoms with E-state index in [0.29, 0.717) is 34.9 Å². The molecule has 1 amide bonds. The second-order valence-electron chi connectivity index (χ2n) is 7.21. The maximum Gasteiger partial charge on any atom is 0.300 e. The lowest BCUT2D eigenvalue weighted by molar-refractivity contribution is -0.132. The van der Waals surface area contributed by atoms with Crippen LogP contribution in [0.2, 0.25) is 0 Å². The number of carbonyl (C=O) groups excluding carboxylic acids is 2. The highest BCUT2D eigenvalue weighted by Gasteiger charge is 2.47. The Morgan fingerprint density at radius 3 is 2.25 bits per heavy atom. The second kappa shape index (κ2) is 8.98. The number of anilines is 1. The van der Waals surface area contributed by atoms with Gasteiger partial charge in [0.25, 0.3) is 11.7 Å². The molecule has 1 fully saturated rings. The first-order valence-corrected chi connectivity index (χ1v) is 10.3. The average molecular weight is 429 g/mol. The quantitative estimate of drug-likeness (QED) is 0.349. The largest absolute Gasteiger partial charge is 0.507 e. The predicted molar refractivity (Wildman–Crippen MR) is 122 cm³/mol. The van der Waals surface area contributed by atoms with Crippen LogP contribution in [0.5, 0.6) is 11.5 Å². The Morgan fingerprint density at radius 1 is 0.938 bits per heavy atom. The Hall–Kier alpha value is -4.06. The molecule has 0 bridgehead atoms. The first kappa shape index (κ1) is 21.2. The lowest BCUT2D eigenvalue weighted by Crippen LogP contribution is -2.29. The van der Waals surface area contributed by atoms with E-state index < -0.39 is 17.7 Å². The van der Waals surface area contributed by atoms with Gasteiger partial charge in [0, 0.05) is 5.56 Å². The molecule has 1 aliphatic rings. The molecule has 1 saturated heterocycles. The second-order valence-corrected chi connectivity index (χ2v) is 7.21. The summed E-state index contributed by atoms with van der Waals surface area (Å²) in [6.07, 6.45) is 0. The van der Waals surface area contributed by atoms with Crippen molar-refractivity contribution in [3.05, 3.63) is 95.6 Å². The number of carbonyl (C=O) groups is 2. The van der Waals surface area contributed by atoms with Gasteiger partial charge in [-0.25, -0.2) is 0 Å². The summed E-state index contributed by atoms with van der Waals surface area (Å²) in [6, 6.07) is 22.1. The lowest BCUT2D eigenvalue weighted by Gasteiger charge is -2.26. The van der Waals surface area contributed by atoms with E-state index in [4.69, 9.17) is 9.47 Å². The third-order valence-electron chi connectivity index (χ3n) is 5.34. The standard InChI is InChI=1S/C26H23NO5/c1-3-32-19-15-13-18(14-16-19)24(28)22-23(17-9-5-4-6-10-17)27(26(30)25(22)29)20-11-7-8-12-21(20)31-2/h4-16,23,28H,3H2,1-2H3/b24-22+. The number of benzene rings is 3. The molecule has 4 rings (SSSR count). The zero-order valence-corrected chi connectivity index (χ0v) is 17.8. The van der Waals surface area contributed by atoms with E-state index in [2.05, 4.69) is 0 Å². The van der Waals surface area contributed by atoms with Gasteiger partial charge in [-0.3, -0.25) is 14.5 Å². The van der Waals surface area contributed by atoms with Crippen molar-refractivity contribution in [3.8, 4) is 11.5 Å². The number of ether oxygens (including phenoxy) is 2. The number of Topliss-reactive ketones (excluding diaryl/α,β-unsaturated/α-hetero) is 1. The van der Waals surface area contributed by atoms with Crippen LogP contribution in [0.1, 0.15) is 24.1 Å². The molecule has 6 heteroatoms. The van der Waals surface area contributed by atoms with Gasteiger partial charge in [-0.2, -0.15) is 0 Å². The van der Waals surface area contributed by atoms with Crippen LogP contribution in [-0.2, 0) is 9.59 Å². The number of methoxy groups -OCH3 is 1. The number of aliphatic hydroxyl groups excluding tert-OH is 1. The van der Waals surface area contributed by atoms with Crippen molar-refractivity contribution in [1.82, 2.24) is 0 Å². The van der Waals surface area contributed by atoms with Crippen LogP contribution in [0, 0.1) is 0 Å². The molecular formula is C26H23NO5. The predicted octanol–water partition coefficient (Wildman–Crippen LogP) is 4.72. The summed E-state index contributed by atoms with van der Waals surface area (Å²) in [6.45, 7) is 2.40. The molecule has 32 heavy (non-hydrogen) atoms. The van der Waals surface area contributed by atoms with E-state index >= 15 is 0 Å². The van der Waals surface area contributed by atoms with Gasteiger partial charge in [-0.05, 0) is 48.9 Å². The van der Waals surface area contributed by atoms with Crippen LogP contribution in [-0.4, -0.2) is 30.5 Å². The van der Waals surface area contributed by atoms with Crippen LogP contribution in [0.15, 0.2) is 84.4 Å². The van der Waals surface area contributed by atoms with E-state index in [1.54, 1.807) is 48.5 Å². The third kappa shape index (κ3) is 3.71. The van der Waals surface area contributed by atoms with Gasteiger partial charge in [-0.15, -0.1) is 0 Å². The minimum absolute atomic E-state index is 0.0243. The number of para-hydroxylation sites is 2. The van der Waals surface area contributed by atoms with E-state index in [-0.39, 0.29) is 11.3 Å². The zero-order valence-electron chi connectivity index (χ0n) is 17.8. The fraction of sp³-hybridized carbons (Fsp3) is 0.154. The summed E-state index contributed by atoms with van der Waals surface area (Å²) in [5.74, 6) is -0.612. The van der Waals surface area contributed by atoms with Crippen molar-refractivity contribution >= 4 is 23.1 Å². The van der Waals surface area contributed by atoms with Gasteiger partial charge >= 0.3 is 0 Å². The van der Waals surface area contributed by atoms with E-state index in [9.17, 15) is 14.7 Å². The number of nitrogens with zero attached hydrogens (tertiary/aromatic N) is 1. The summed E-state index contributed by atoms with van der Waals surface area (Å²) in [7, 11) is 1.51. The maximum atomic E-state index is 13.2. The lowest BCUT2D eigenvalue weighted by atomic mass is 9.95. The number of hydrogen-bond donors (Lipinski definition) is 1. The van der Waals surface area contributed by atoms with E-state index in [1.165, 1.54) is 12.0 Å². The first-order chi connectivity index (χ1) is 15.6. The maximum absolute atomic E-state index is 13.2. The molecule has 1 atom stereocenters. The Balaban J connectivity index is 1.90. The third-order valence-corrected chi connectivity index (χ3v) is 5.34. The first-order valence-electron chi connectivity index (χ1n) is 10.3. The Kier molecular flexibility index (Phi) is 5.94. The minimum atomic E-state index is -0.806. The Bertz CT molecular complexity index is 1170. The van der Waals surface area contributed by atoms with Crippen molar-refractivity contribution in [1.29, 1.82) is 0 Å². The van der Waals surface area contributed by atoms with Gasteiger partial charge in [0.15, 0.2) is 0 Å². The van der Waals surface area contributed by atoms with Gasteiger partial charge in [-0.1, -0.05) is 42.5 Å². The monoisotopic (exact) mass is 429 g/mol. The Labute approximate surface area is 186 Å². The highest BCUT2D eigenvalue weighted by atomic mass is 16.5. The molecule has 0 aromatic heterocycles. The van der Waals surface area contributed by atoms with Crippen LogP contribution in [0.25, 0.3) is 5.76 Å². The number of hydrogen-bond acceptors (Lipinski definition) is 5. The summed E-state index contributed by atoms with van der Waals surface area (Å²) in [5, 5.41) is 11.2. The number of rotatable bonds is 6. The number of aliphatic hydroxyl groups is 1. The molecule has 0 aliphatic carbocycles. The van der Waals surface area contributed by atoms with Gasteiger partial charge in [0.05, 0.1) is 31.0 Å². The van der Waals surface area contributed by atoms with Crippen molar-refractivity contribution in [2.45, 2.75) is 13.0 Å². The molecule has 0 radical (unpaired) electrons. The van der Waals surface area contributed by atoms with E-state index in [0.717, 1.165) is 0 Å². The van der Waals surface area contributed by atoms with Gasteiger partial charge < -0.3 is 14.6 Å². The minimum Gasteiger partial charge on any atom is -0.507 e. The van der Waals surface area contributed by atoms with Crippen LogP contribution in [0.4, 0.5) is 5.69 Å². The molecule has 1 heterocycles. The fourth-order valence-electron chi connectivity index (χ4n) is 3.89. The summed E-state index contributed by atoms with van der Waals surface area (Å²) in [5.41, 5.74) is 1.60. The van der Waals surface area contributed by atoms with Crippen molar-refractivity contribution in [2.75, 3.05) is 18.6 Å². The number of amides is 1. The number of ketones is 1. The zero-order chi connectivity index (χ0) is 22.7. The highest BCUT2D eigenvalue weighted by molar-refractivity contribution is 6.51. The Morgan fingerprint density at radius 2 is 1.59 bits per heavy atom. The normalized spacial score (nSPS) is 17.4. The molecular weight excluding hydrogens is 406 g/mol. The molecule has 162 valence electrons. The molecule has 1 aliphatic heterocycles. The summed E-state index contributed by atoms with van der Waals surface area (Å²) < 4.78 is 10.9. The van der Waals surface area contributed by atoms with E-state index in [1.807, 2.05) is 37.3 Å². The van der Waals surface area contributed by atoms with Crippen molar-refractivity contribution in [3.63, 3.8) is 0 Å². The van der Waals surface area contributed by atoms with Crippen molar-refractivity contribution in [2.24, 2.45) is 0 Å². The van der Waals surface area contributed by atoms with Crippen LogP contribution in [0.3, 0.4) is 0 Å². The molecule has 1 unspecified atom stereocenters. The molecule has 0 saturated carbocycles. The fourth-order valence-corrected chi connectivity index (χ4v) is 3.89. The smallest absolute Gasteiger partial charge is 0.300 e. The molecule has 0 spiro atoms. The topological polar surface area (TPSA) is 76.1 Å². The SMILES string of the molecule is CCOc1ccc(/C(O)=C2\C(=O)C(=O)N(c3ccccc3OC)C2c2ccccc2)cc1.